The van der Waals surface area contributed by atoms with Crippen molar-refractivity contribution in [1.29, 1.82) is 0 Å². The standard InChI is InChI=1S/C29H22F12N2.C13H16O2.C8H11F3NP3.CH4.4ClH.Ti/c1-3-24(42-22-12-18(26(30,31)32)10-19(13-22)27(33,34)35)25(9-8-17-6-4-16(2)5-7-17)43-23-14-20(28(36,37)38)11-21(15-23)29(39,40)41;1-3-12(14)13(15)9-8-11-6-4-10(2)5-7-11;9-7(10,11)4-1-5(8(13,14)15)3-6(12)2-4;;;;;;/h4-7,10-15H,3,8-9H2,1-2H3;4-7H,3,8-9H2,1-2H3;1-3H,12-15H2;1H4;4*1H;/q;;;;;;;;+4/p-4. The van der Waals surface area contributed by atoms with Gasteiger partial charge in [-0.2, -0.15) is 65.9 Å². The Morgan fingerprint density at radius 1 is 0.468 bits per heavy atom. The third-order valence-electron chi connectivity index (χ3n) is 10.3. The maximum atomic E-state index is 13.4. The molecule has 0 spiro atoms. The number of nitrogen functional groups attached to an aromatic ring is 1. The molecule has 28 heteroatoms. The summed E-state index contributed by atoms with van der Waals surface area (Å²) in [5, 5.41) is 0. The van der Waals surface area contributed by atoms with E-state index in [1.807, 2.05) is 31.2 Å². The van der Waals surface area contributed by atoms with Gasteiger partial charge in [-0.15, -0.1) is 27.7 Å². The zero-order valence-corrected chi connectivity index (χ0v) is 49.3. The van der Waals surface area contributed by atoms with Crippen molar-refractivity contribution in [3.05, 3.63) is 159 Å². The first-order valence-corrected chi connectivity index (χ1v) is 32.7. The van der Waals surface area contributed by atoms with Crippen molar-refractivity contribution in [3.63, 3.8) is 0 Å². The fraction of sp³-hybridized carbons (Fsp3) is 0.333. The van der Waals surface area contributed by atoms with Gasteiger partial charge in [0, 0.05) is 23.2 Å². The Morgan fingerprint density at radius 3 is 1.06 bits per heavy atom. The molecule has 0 bridgehead atoms. The van der Waals surface area contributed by atoms with Crippen LogP contribution < -0.4 is 5.73 Å². The Hall–Kier alpha value is -3.31. The second-order valence-electron chi connectivity index (χ2n) is 16.9. The number of ketones is 2. The number of carbonyl (C=O) groups excluding carboxylic acids is 2. The number of Topliss-reactive ketones (excluding diaryl/α,β-unsaturated/α-hetero) is 2. The molecule has 0 fully saturated rings. The Bertz CT molecular complexity index is 2770. The topological polar surface area (TPSA) is 84.9 Å². The summed E-state index contributed by atoms with van der Waals surface area (Å²) in [6.45, 7) is 6.95. The summed E-state index contributed by atoms with van der Waals surface area (Å²) in [4.78, 5) is 30.2. The third-order valence-corrected chi connectivity index (χ3v) is 11.3. The molecule has 0 heterocycles. The van der Waals surface area contributed by atoms with Gasteiger partial charge in [-0.05, 0) is 111 Å². The number of halogens is 19. The van der Waals surface area contributed by atoms with Gasteiger partial charge in [0.1, 0.15) is 0 Å². The zero-order valence-electron chi connectivity index (χ0n) is 41.3. The molecule has 0 aliphatic rings. The molecule has 0 amide bonds. The fourth-order valence-corrected chi connectivity index (χ4v) is 6.86. The summed E-state index contributed by atoms with van der Waals surface area (Å²) in [6.07, 6.45) is -24.0. The van der Waals surface area contributed by atoms with Crippen LogP contribution in [-0.2, 0) is 70.3 Å². The number of benzene rings is 5. The van der Waals surface area contributed by atoms with Crippen LogP contribution in [0.15, 0.2) is 113 Å². The molecule has 0 aliphatic carbocycles. The number of rotatable bonds is 13. The molecule has 0 radical (unpaired) electrons. The van der Waals surface area contributed by atoms with E-state index in [0.717, 1.165) is 23.3 Å². The van der Waals surface area contributed by atoms with Gasteiger partial charge in [-0.3, -0.25) is 19.6 Å². The van der Waals surface area contributed by atoms with E-state index in [2.05, 4.69) is 37.7 Å². The summed E-state index contributed by atoms with van der Waals surface area (Å²) >= 11 is -3.11. The van der Waals surface area contributed by atoms with Crippen LogP contribution in [0.25, 0.3) is 0 Å². The van der Waals surface area contributed by atoms with Crippen LogP contribution in [-0.4, -0.2) is 23.0 Å². The minimum atomic E-state index is -5.18. The Labute approximate surface area is 473 Å². The molecule has 0 saturated heterocycles. The second-order valence-corrected chi connectivity index (χ2v) is 37.2. The third kappa shape index (κ3) is 28.0. The van der Waals surface area contributed by atoms with Gasteiger partial charge in [0.25, 0.3) is 0 Å². The van der Waals surface area contributed by atoms with Crippen LogP contribution in [0.4, 0.5) is 82.9 Å². The summed E-state index contributed by atoms with van der Waals surface area (Å²) < 4.78 is 198. The summed E-state index contributed by atoms with van der Waals surface area (Å²) in [7, 11) is 27.3. The average Bonchev–Trinajstić information content (AvgIpc) is 3.30. The van der Waals surface area contributed by atoms with Crippen molar-refractivity contribution >= 4 is 105 Å². The molecule has 2 N–H and O–H groups in total. The number of hydrogen-bond donors (Lipinski definition) is 1. The van der Waals surface area contributed by atoms with Crippen molar-refractivity contribution in [1.82, 2.24) is 0 Å². The van der Waals surface area contributed by atoms with Crippen molar-refractivity contribution in [2.24, 2.45) is 9.98 Å². The second kappa shape index (κ2) is 30.8. The van der Waals surface area contributed by atoms with Gasteiger partial charge in [-0.1, -0.05) is 80.9 Å². The van der Waals surface area contributed by atoms with Crippen molar-refractivity contribution in [2.45, 2.75) is 109 Å². The van der Waals surface area contributed by atoms with Crippen LogP contribution >= 0.6 is 64.9 Å². The molecule has 5 rings (SSSR count). The summed E-state index contributed by atoms with van der Waals surface area (Å²) in [5.41, 5.74) is 0.556. The molecule has 0 saturated carbocycles. The van der Waals surface area contributed by atoms with E-state index < -0.39 is 87.1 Å². The molecule has 0 aromatic heterocycles. The summed E-state index contributed by atoms with van der Waals surface area (Å²) in [6, 6.07) is 19.7. The van der Waals surface area contributed by atoms with Crippen LogP contribution in [0.1, 0.15) is 103 Å². The molecule has 5 aromatic rings. The van der Waals surface area contributed by atoms with Crippen molar-refractivity contribution in [2.75, 3.05) is 5.73 Å². The molecular formula is C51H53Cl4F15N3O2P3Ti. The Balaban J connectivity index is 0.000000700. The van der Waals surface area contributed by atoms with Crippen molar-refractivity contribution in [3.8, 4) is 0 Å². The van der Waals surface area contributed by atoms with E-state index >= 15 is 0 Å². The van der Waals surface area contributed by atoms with Gasteiger partial charge < -0.3 is 5.73 Å². The number of carbonyl (C=O) groups is 2. The average molecular weight is 1310 g/mol. The van der Waals surface area contributed by atoms with Gasteiger partial charge in [-0.25, -0.2) is 0 Å². The Kier molecular flexibility index (Phi) is 28.8. The first-order valence-electron chi connectivity index (χ1n) is 22.4. The summed E-state index contributed by atoms with van der Waals surface area (Å²) in [5.74, 6) is -0.514. The number of nitrogens with zero attached hydrogens (tertiary/aromatic N) is 2. The van der Waals surface area contributed by atoms with E-state index in [4.69, 9.17) is 43.0 Å². The number of alkyl halides is 15. The Morgan fingerprint density at radius 2 is 0.759 bits per heavy atom. The first-order chi connectivity index (χ1) is 35.4. The van der Waals surface area contributed by atoms with Crippen LogP contribution in [0.5, 0.6) is 0 Å². The molecule has 5 nitrogen and oxygen atoms in total. The van der Waals surface area contributed by atoms with E-state index in [1.54, 1.807) is 38.1 Å². The fourth-order valence-electron chi connectivity index (χ4n) is 6.36. The number of hydrogen-bond acceptors (Lipinski definition) is 5. The SMILES string of the molecule is C.CCC(=Nc1cc(C(F)(F)F)cc(C(F)(F)F)c1)C(CCc1ccc(C)cc1)=Nc1cc(C(F)(F)F)cc(C(F)(F)F)c1.CCC(=O)C(=O)CCc1ccc(C)cc1.Nc1cc(C(F)(F)F)cc(C(P)(P)P)c1.[Cl][Ti]([Cl])([Cl])[Cl]. The predicted octanol–water partition coefficient (Wildman–Crippen LogP) is 19.8. The number of anilines is 1. The number of aryl methyl sites for hydroxylation is 4. The first kappa shape index (κ1) is 73.7. The number of aliphatic imine (C=N–C) groups is 2. The van der Waals surface area contributed by atoms with E-state index in [1.165, 1.54) is 18.6 Å². The van der Waals surface area contributed by atoms with E-state index in [0.29, 0.717) is 54.7 Å². The van der Waals surface area contributed by atoms with Crippen LogP contribution in [0.2, 0.25) is 0 Å². The zero-order chi connectivity index (χ0) is 60.0. The molecule has 5 aromatic carbocycles. The van der Waals surface area contributed by atoms with E-state index in [9.17, 15) is 75.4 Å². The minimum absolute atomic E-state index is 0. The normalized spacial score (nSPS) is 12.7. The molecule has 3 atom stereocenters. The molecule has 0 aliphatic heterocycles. The van der Waals surface area contributed by atoms with E-state index in [-0.39, 0.29) is 67.5 Å². The van der Waals surface area contributed by atoms with Crippen LogP contribution in [0, 0.1) is 13.8 Å². The quantitative estimate of drug-likeness (QED) is 0.0318. The van der Waals surface area contributed by atoms with Crippen molar-refractivity contribution < 1.29 is 87.8 Å². The van der Waals surface area contributed by atoms with Gasteiger partial charge in [0.2, 0.25) is 0 Å². The van der Waals surface area contributed by atoms with Gasteiger partial charge in [0.05, 0.1) is 50.6 Å². The van der Waals surface area contributed by atoms with Gasteiger partial charge >= 0.3 is 80.4 Å². The van der Waals surface area contributed by atoms with Crippen LogP contribution in [0.3, 0.4) is 0 Å². The predicted molar refractivity (Wildman–Crippen MR) is 293 cm³/mol. The number of nitrogens with two attached hydrogens (primary N) is 1. The molecule has 3 unspecified atom stereocenters. The molecular weight excluding hydrogens is 1250 g/mol. The molecule has 436 valence electrons. The van der Waals surface area contributed by atoms with Gasteiger partial charge in [0.15, 0.2) is 11.6 Å². The maximum absolute atomic E-state index is 13.4. The monoisotopic (exact) mass is 1310 g/mol. The molecule has 79 heavy (non-hydrogen) atoms.